The van der Waals surface area contributed by atoms with Gasteiger partial charge in [-0.3, -0.25) is 15.4 Å². The van der Waals surface area contributed by atoms with Crippen molar-refractivity contribution in [1.29, 1.82) is 0 Å². The van der Waals surface area contributed by atoms with Crippen LogP contribution in [0.15, 0.2) is 48.5 Å². The van der Waals surface area contributed by atoms with E-state index in [-0.39, 0.29) is 6.61 Å². The smallest absolute Gasteiger partial charge is 0.418 e. The normalized spacial score (nSPS) is 11.0. The van der Waals surface area contributed by atoms with E-state index in [1.807, 2.05) is 5.32 Å². The third-order valence-corrected chi connectivity index (χ3v) is 2.97. The zero-order chi connectivity index (χ0) is 17.7. The number of hydrogen-bond acceptors (Lipinski definition) is 4. The topological polar surface area (TPSA) is 81.5 Å². The van der Waals surface area contributed by atoms with Gasteiger partial charge in [-0.15, -0.1) is 0 Å². The molecule has 9 heteroatoms. The molecular formula is C15H11F3N2O4. The first-order chi connectivity index (χ1) is 11.3. The molecule has 0 saturated carbocycles. The number of nitro benzene ring substituents is 1. The lowest BCUT2D eigenvalue weighted by Gasteiger charge is -2.13. The van der Waals surface area contributed by atoms with E-state index in [9.17, 15) is 28.1 Å². The molecule has 0 radical (unpaired) electrons. The maximum absolute atomic E-state index is 13.0. The Morgan fingerprint density at radius 1 is 1.17 bits per heavy atom. The molecule has 1 amide bonds. The van der Waals surface area contributed by atoms with Gasteiger partial charge in [-0.2, -0.15) is 13.2 Å². The first-order valence-corrected chi connectivity index (χ1v) is 6.60. The predicted octanol–water partition coefficient (Wildman–Crippen LogP) is 4.36. The number of nitrogens with one attached hydrogen (secondary N) is 1. The first kappa shape index (κ1) is 17.3. The van der Waals surface area contributed by atoms with Crippen LogP contribution in [0, 0.1) is 10.1 Å². The van der Waals surface area contributed by atoms with Gasteiger partial charge in [0.1, 0.15) is 6.61 Å². The van der Waals surface area contributed by atoms with E-state index in [1.165, 1.54) is 0 Å². The van der Waals surface area contributed by atoms with Gasteiger partial charge in [-0.25, -0.2) is 4.79 Å². The summed E-state index contributed by atoms with van der Waals surface area (Å²) in [7, 11) is 0. The van der Waals surface area contributed by atoms with E-state index in [1.54, 1.807) is 30.3 Å². The number of rotatable bonds is 4. The molecule has 0 aliphatic carbocycles. The Hall–Kier alpha value is -3.10. The van der Waals surface area contributed by atoms with Crippen molar-refractivity contribution in [1.82, 2.24) is 0 Å². The number of nitrogens with zero attached hydrogens (tertiary/aromatic N) is 1. The van der Waals surface area contributed by atoms with Gasteiger partial charge in [0.25, 0.3) is 5.69 Å². The number of benzene rings is 2. The number of hydrogen-bond donors (Lipinski definition) is 1. The molecule has 0 aromatic heterocycles. The van der Waals surface area contributed by atoms with Gasteiger partial charge in [-0.1, -0.05) is 30.3 Å². The number of carbonyl (C=O) groups excluding carboxylic acids is 1. The lowest BCUT2D eigenvalue weighted by Crippen LogP contribution is -2.17. The molecule has 0 bridgehead atoms. The van der Waals surface area contributed by atoms with Crippen LogP contribution in [0.4, 0.5) is 29.3 Å². The number of non-ortho nitro benzene ring substituents is 1. The highest BCUT2D eigenvalue weighted by atomic mass is 19.4. The fourth-order valence-electron chi connectivity index (χ4n) is 1.86. The fourth-order valence-corrected chi connectivity index (χ4v) is 1.86. The molecule has 126 valence electrons. The molecule has 0 spiro atoms. The van der Waals surface area contributed by atoms with Crippen LogP contribution in [0.25, 0.3) is 0 Å². The Kier molecular flexibility index (Phi) is 5.02. The lowest BCUT2D eigenvalue weighted by atomic mass is 10.1. The maximum atomic E-state index is 13.0. The van der Waals surface area contributed by atoms with Gasteiger partial charge < -0.3 is 4.74 Å². The van der Waals surface area contributed by atoms with E-state index in [2.05, 4.69) is 0 Å². The highest BCUT2D eigenvalue weighted by Crippen LogP contribution is 2.37. The fraction of sp³-hybridized carbons (Fsp3) is 0.133. The summed E-state index contributed by atoms with van der Waals surface area (Å²) in [5.41, 5.74) is -2.02. The molecule has 0 heterocycles. The number of anilines is 1. The molecule has 0 saturated heterocycles. The zero-order valence-electron chi connectivity index (χ0n) is 12.0. The van der Waals surface area contributed by atoms with Gasteiger partial charge in [0, 0.05) is 12.1 Å². The van der Waals surface area contributed by atoms with Crippen LogP contribution in [0.3, 0.4) is 0 Å². The third kappa shape index (κ3) is 4.45. The Labute approximate surface area is 134 Å². The van der Waals surface area contributed by atoms with Crippen LogP contribution >= 0.6 is 0 Å². The quantitative estimate of drug-likeness (QED) is 0.662. The molecule has 0 fully saturated rings. The number of ether oxygens (including phenoxy) is 1. The van der Waals surface area contributed by atoms with Gasteiger partial charge in [0.15, 0.2) is 0 Å². The minimum Gasteiger partial charge on any atom is -0.444 e. The maximum Gasteiger partial charge on any atom is 0.418 e. The largest absolute Gasteiger partial charge is 0.444 e. The predicted molar refractivity (Wildman–Crippen MR) is 78.3 cm³/mol. The summed E-state index contributed by atoms with van der Waals surface area (Å²) in [6.45, 7) is -0.124. The number of carbonyl (C=O) groups is 1. The Balaban J connectivity index is 2.13. The molecule has 0 aliphatic heterocycles. The highest BCUT2D eigenvalue weighted by Gasteiger charge is 2.35. The van der Waals surface area contributed by atoms with Crippen LogP contribution in [0.2, 0.25) is 0 Å². The van der Waals surface area contributed by atoms with Crippen LogP contribution < -0.4 is 5.32 Å². The van der Waals surface area contributed by atoms with E-state index < -0.39 is 34.1 Å². The first-order valence-electron chi connectivity index (χ1n) is 6.60. The molecule has 2 rings (SSSR count). The number of alkyl halides is 3. The number of amides is 1. The summed E-state index contributed by atoms with van der Waals surface area (Å²) < 4.78 is 43.8. The van der Waals surface area contributed by atoms with E-state index in [0.29, 0.717) is 11.6 Å². The van der Waals surface area contributed by atoms with Crippen molar-refractivity contribution in [2.45, 2.75) is 12.8 Å². The van der Waals surface area contributed by atoms with Crippen LogP contribution in [-0.2, 0) is 17.5 Å². The Morgan fingerprint density at radius 3 is 2.42 bits per heavy atom. The molecule has 0 unspecified atom stereocenters. The van der Waals surface area contributed by atoms with Crippen molar-refractivity contribution in [3.8, 4) is 0 Å². The SMILES string of the molecule is O=C(Nc1ccc([N+](=O)[O-])cc1C(F)(F)F)OCc1ccccc1. The van der Waals surface area contributed by atoms with Gasteiger partial charge >= 0.3 is 12.3 Å². The van der Waals surface area contributed by atoms with Crippen LogP contribution in [-0.4, -0.2) is 11.0 Å². The average Bonchev–Trinajstić information content (AvgIpc) is 2.53. The second kappa shape index (κ2) is 6.99. The monoisotopic (exact) mass is 340 g/mol. The van der Waals surface area contributed by atoms with Crippen molar-refractivity contribution >= 4 is 17.5 Å². The van der Waals surface area contributed by atoms with Gasteiger partial charge in [-0.05, 0) is 11.6 Å². The second-order valence-electron chi connectivity index (χ2n) is 4.67. The van der Waals surface area contributed by atoms with Crippen LogP contribution in [0.1, 0.15) is 11.1 Å². The van der Waals surface area contributed by atoms with Gasteiger partial charge in [0.05, 0.1) is 16.2 Å². The summed E-state index contributed by atoms with van der Waals surface area (Å²) in [6, 6.07) is 10.6. The minimum absolute atomic E-state index is 0.124. The molecule has 2 aromatic carbocycles. The molecular weight excluding hydrogens is 329 g/mol. The molecule has 1 N–H and O–H groups in total. The van der Waals surface area contributed by atoms with Crippen molar-refractivity contribution in [2.24, 2.45) is 0 Å². The van der Waals surface area contributed by atoms with E-state index in [4.69, 9.17) is 4.74 Å². The summed E-state index contributed by atoms with van der Waals surface area (Å²) in [5, 5.41) is 12.5. The van der Waals surface area contributed by atoms with Crippen molar-refractivity contribution in [3.05, 3.63) is 69.8 Å². The highest BCUT2D eigenvalue weighted by molar-refractivity contribution is 5.86. The average molecular weight is 340 g/mol. The van der Waals surface area contributed by atoms with E-state index in [0.717, 1.165) is 12.1 Å². The summed E-state index contributed by atoms with van der Waals surface area (Å²) in [6.07, 6.45) is -5.97. The zero-order valence-corrected chi connectivity index (χ0v) is 12.0. The number of nitro groups is 1. The summed E-state index contributed by atoms with van der Waals surface area (Å²) in [5.74, 6) is 0. The second-order valence-corrected chi connectivity index (χ2v) is 4.67. The molecule has 2 aromatic rings. The minimum atomic E-state index is -4.87. The molecule has 0 atom stereocenters. The van der Waals surface area contributed by atoms with Crippen LogP contribution in [0.5, 0.6) is 0 Å². The molecule has 0 aliphatic rings. The van der Waals surface area contributed by atoms with E-state index >= 15 is 0 Å². The Bertz CT molecular complexity index is 748. The lowest BCUT2D eigenvalue weighted by molar-refractivity contribution is -0.385. The summed E-state index contributed by atoms with van der Waals surface area (Å²) in [4.78, 5) is 21.3. The summed E-state index contributed by atoms with van der Waals surface area (Å²) >= 11 is 0. The number of halogens is 3. The van der Waals surface area contributed by atoms with Crippen molar-refractivity contribution < 1.29 is 27.6 Å². The molecule has 24 heavy (non-hydrogen) atoms. The van der Waals surface area contributed by atoms with Gasteiger partial charge in [0.2, 0.25) is 0 Å². The van der Waals surface area contributed by atoms with Crippen molar-refractivity contribution in [2.75, 3.05) is 5.32 Å². The molecule has 6 nitrogen and oxygen atoms in total. The Morgan fingerprint density at radius 2 is 1.83 bits per heavy atom. The van der Waals surface area contributed by atoms with Crippen molar-refractivity contribution in [3.63, 3.8) is 0 Å². The standard InChI is InChI=1S/C15H11F3N2O4/c16-15(17,18)12-8-11(20(22)23)6-7-13(12)19-14(21)24-9-10-4-2-1-3-5-10/h1-8H,9H2,(H,19,21). The third-order valence-electron chi connectivity index (χ3n) is 2.97.